The quantitative estimate of drug-likeness (QED) is 0.302. The highest BCUT2D eigenvalue weighted by atomic mass is 35.5. The maximum atomic E-state index is 13.1. The van der Waals surface area contributed by atoms with Gasteiger partial charge in [-0.05, 0) is 79.1 Å². The molecular weight excluding hydrogens is 485 g/mol. The Balaban J connectivity index is 1.74. The van der Waals surface area contributed by atoms with Gasteiger partial charge in [0.25, 0.3) is 11.8 Å². The molecule has 2 amide bonds. The number of anilines is 2. The molecule has 0 radical (unpaired) electrons. The van der Waals surface area contributed by atoms with Gasteiger partial charge in [-0.25, -0.2) is 4.39 Å². The molecule has 0 spiro atoms. The molecule has 0 saturated heterocycles. The first-order chi connectivity index (χ1) is 17.2. The lowest BCUT2D eigenvalue weighted by Gasteiger charge is -2.14. The van der Waals surface area contributed by atoms with Crippen molar-refractivity contribution in [3.8, 4) is 17.6 Å². The molecule has 0 aromatic heterocycles. The van der Waals surface area contributed by atoms with Crippen LogP contribution in [0.3, 0.4) is 0 Å². The van der Waals surface area contributed by atoms with Crippen molar-refractivity contribution in [1.29, 1.82) is 5.26 Å². The molecule has 9 heteroatoms. The van der Waals surface area contributed by atoms with Crippen LogP contribution in [0.25, 0.3) is 6.08 Å². The number of carbonyl (C=O) groups excluding carboxylic acids is 2. The Morgan fingerprint density at radius 2 is 1.83 bits per heavy atom. The van der Waals surface area contributed by atoms with Crippen molar-refractivity contribution >= 4 is 40.9 Å². The van der Waals surface area contributed by atoms with Crippen LogP contribution in [0.15, 0.2) is 60.2 Å². The highest BCUT2D eigenvalue weighted by Gasteiger charge is 2.16. The maximum absolute atomic E-state index is 13.1. The van der Waals surface area contributed by atoms with Crippen molar-refractivity contribution in [2.75, 3.05) is 24.4 Å². The molecule has 184 valence electrons. The number of ether oxygens (including phenoxy) is 2. The predicted molar refractivity (Wildman–Crippen MR) is 137 cm³/mol. The largest absolute Gasteiger partial charge is 0.493 e. The van der Waals surface area contributed by atoms with Crippen molar-refractivity contribution in [3.63, 3.8) is 0 Å². The molecule has 0 aliphatic carbocycles. The zero-order valence-corrected chi connectivity index (χ0v) is 20.6. The van der Waals surface area contributed by atoms with Crippen molar-refractivity contribution < 1.29 is 23.5 Å². The monoisotopic (exact) mass is 507 g/mol. The molecule has 3 aromatic rings. The van der Waals surface area contributed by atoms with E-state index >= 15 is 0 Å². The van der Waals surface area contributed by atoms with Gasteiger partial charge in [0.15, 0.2) is 18.1 Å². The Morgan fingerprint density at radius 3 is 2.50 bits per heavy atom. The van der Waals surface area contributed by atoms with Crippen LogP contribution in [-0.4, -0.2) is 25.5 Å². The predicted octanol–water partition coefficient (Wildman–Crippen LogP) is 5.67. The second kappa shape index (κ2) is 11.9. The van der Waals surface area contributed by atoms with Crippen molar-refractivity contribution in [2.24, 2.45) is 0 Å². The van der Waals surface area contributed by atoms with E-state index in [4.69, 9.17) is 21.1 Å². The number of methoxy groups -OCH3 is 1. The van der Waals surface area contributed by atoms with Gasteiger partial charge in [-0.3, -0.25) is 9.59 Å². The summed E-state index contributed by atoms with van der Waals surface area (Å²) in [5, 5.41) is 14.9. The molecule has 0 atom stereocenters. The van der Waals surface area contributed by atoms with E-state index in [2.05, 4.69) is 10.6 Å². The van der Waals surface area contributed by atoms with E-state index in [1.54, 1.807) is 6.07 Å². The second-order valence-electron chi connectivity index (χ2n) is 7.75. The Kier molecular flexibility index (Phi) is 8.66. The Morgan fingerprint density at radius 1 is 1.11 bits per heavy atom. The minimum absolute atomic E-state index is 0.122. The van der Waals surface area contributed by atoms with Gasteiger partial charge in [0, 0.05) is 11.4 Å². The lowest BCUT2D eigenvalue weighted by atomic mass is 10.1. The zero-order chi connectivity index (χ0) is 26.2. The van der Waals surface area contributed by atoms with E-state index < -0.39 is 11.7 Å². The highest BCUT2D eigenvalue weighted by Crippen LogP contribution is 2.37. The van der Waals surface area contributed by atoms with E-state index in [0.29, 0.717) is 16.9 Å². The number of carbonyl (C=O) groups is 2. The van der Waals surface area contributed by atoms with Gasteiger partial charge < -0.3 is 20.1 Å². The molecule has 0 fully saturated rings. The highest BCUT2D eigenvalue weighted by molar-refractivity contribution is 6.32. The second-order valence-corrected chi connectivity index (χ2v) is 8.16. The van der Waals surface area contributed by atoms with Crippen molar-refractivity contribution in [1.82, 2.24) is 0 Å². The minimum Gasteiger partial charge on any atom is -0.493 e. The van der Waals surface area contributed by atoms with Crippen LogP contribution in [0.5, 0.6) is 11.5 Å². The summed E-state index contributed by atoms with van der Waals surface area (Å²) in [5.74, 6) is -1.15. The summed E-state index contributed by atoms with van der Waals surface area (Å²) < 4.78 is 24.0. The van der Waals surface area contributed by atoms with Crippen LogP contribution in [0.2, 0.25) is 5.02 Å². The fourth-order valence-corrected chi connectivity index (χ4v) is 3.49. The number of hydrogen-bond donors (Lipinski definition) is 2. The summed E-state index contributed by atoms with van der Waals surface area (Å²) in [7, 11) is 1.40. The minimum atomic E-state index is -0.678. The van der Waals surface area contributed by atoms with Gasteiger partial charge >= 0.3 is 0 Å². The number of nitrogens with one attached hydrogen (secondary N) is 2. The number of hydrogen-bond acceptors (Lipinski definition) is 5. The van der Waals surface area contributed by atoms with Crippen LogP contribution in [0.4, 0.5) is 15.8 Å². The van der Waals surface area contributed by atoms with Gasteiger partial charge in [0.1, 0.15) is 17.5 Å². The Labute approximate surface area is 213 Å². The molecule has 0 heterocycles. The van der Waals surface area contributed by atoms with E-state index in [-0.39, 0.29) is 34.6 Å². The number of halogens is 2. The van der Waals surface area contributed by atoms with Gasteiger partial charge in [-0.15, -0.1) is 0 Å². The molecule has 0 aliphatic rings. The topological polar surface area (TPSA) is 100 Å². The van der Waals surface area contributed by atoms with Crippen LogP contribution >= 0.6 is 11.6 Å². The van der Waals surface area contributed by atoms with E-state index in [1.807, 2.05) is 32.0 Å². The van der Waals surface area contributed by atoms with Crippen LogP contribution in [0, 0.1) is 31.0 Å². The molecule has 0 aliphatic heterocycles. The summed E-state index contributed by atoms with van der Waals surface area (Å²) in [5.41, 5.74) is 3.21. The third-order valence-corrected chi connectivity index (χ3v) is 5.54. The Hall–Kier alpha value is -4.35. The van der Waals surface area contributed by atoms with E-state index in [0.717, 1.165) is 11.1 Å². The third-order valence-electron chi connectivity index (χ3n) is 5.26. The summed E-state index contributed by atoms with van der Waals surface area (Å²) in [6.07, 6.45) is 1.32. The summed E-state index contributed by atoms with van der Waals surface area (Å²) in [4.78, 5) is 24.9. The number of rotatable bonds is 8. The van der Waals surface area contributed by atoms with Gasteiger partial charge in [0.05, 0.1) is 12.1 Å². The molecule has 0 unspecified atom stereocenters. The fraction of sp³-hybridized carbons (Fsp3) is 0.148. The maximum Gasteiger partial charge on any atom is 0.266 e. The molecule has 3 aromatic carbocycles. The first-order valence-corrected chi connectivity index (χ1v) is 11.1. The Bertz CT molecular complexity index is 1360. The van der Waals surface area contributed by atoms with Gasteiger partial charge in [-0.1, -0.05) is 23.7 Å². The molecule has 36 heavy (non-hydrogen) atoms. The molecule has 3 rings (SSSR count). The third kappa shape index (κ3) is 6.62. The zero-order valence-electron chi connectivity index (χ0n) is 19.8. The van der Waals surface area contributed by atoms with Crippen molar-refractivity contribution in [3.05, 3.63) is 87.7 Å². The van der Waals surface area contributed by atoms with Crippen molar-refractivity contribution in [2.45, 2.75) is 13.8 Å². The van der Waals surface area contributed by atoms with E-state index in [1.165, 1.54) is 49.6 Å². The average Bonchev–Trinajstić information content (AvgIpc) is 2.85. The average molecular weight is 508 g/mol. The smallest absolute Gasteiger partial charge is 0.266 e. The van der Waals surface area contributed by atoms with E-state index in [9.17, 15) is 19.2 Å². The number of aryl methyl sites for hydroxylation is 1. The van der Waals surface area contributed by atoms with Crippen LogP contribution in [-0.2, 0) is 9.59 Å². The van der Waals surface area contributed by atoms with Gasteiger partial charge in [-0.2, -0.15) is 5.26 Å². The number of nitriles is 1. The molecule has 7 nitrogen and oxygen atoms in total. The van der Waals surface area contributed by atoms with Crippen LogP contribution in [0.1, 0.15) is 16.7 Å². The molecular formula is C27H23ClFN3O4. The first-order valence-electron chi connectivity index (χ1n) is 10.8. The van der Waals surface area contributed by atoms with Gasteiger partial charge in [0.2, 0.25) is 0 Å². The SMILES string of the molecule is COc1cc(/C=C(\C#N)C(=O)Nc2ccc(F)cc2)cc(Cl)c1OCC(=O)Nc1cccc(C)c1C. The first kappa shape index (κ1) is 26.3. The summed E-state index contributed by atoms with van der Waals surface area (Å²) >= 11 is 6.37. The molecule has 0 bridgehead atoms. The standard InChI is InChI=1S/C27H23ClFN3O4/c1-16-5-4-6-23(17(16)2)32-25(33)15-36-26-22(28)12-18(13-24(26)35-3)11-19(14-30)27(34)31-21-9-7-20(29)8-10-21/h4-13H,15H2,1-3H3,(H,31,34)(H,32,33)/b19-11+. The normalized spacial score (nSPS) is 10.8. The fourth-order valence-electron chi connectivity index (χ4n) is 3.22. The summed E-state index contributed by atoms with van der Waals surface area (Å²) in [6.45, 7) is 3.54. The summed E-state index contributed by atoms with van der Waals surface area (Å²) in [6, 6.07) is 15.6. The number of nitrogens with zero attached hydrogens (tertiary/aromatic N) is 1. The van der Waals surface area contributed by atoms with Crippen LogP contribution < -0.4 is 20.1 Å². The lowest BCUT2D eigenvalue weighted by molar-refractivity contribution is -0.118. The molecule has 0 saturated carbocycles. The molecule has 2 N–H and O–H groups in total. The number of benzene rings is 3. The number of amides is 2. The lowest BCUT2D eigenvalue weighted by Crippen LogP contribution is -2.21.